The fourth-order valence-corrected chi connectivity index (χ4v) is 1.64. The van der Waals surface area contributed by atoms with Crippen molar-refractivity contribution in [3.63, 3.8) is 0 Å². The fraction of sp³-hybridized carbons (Fsp3) is 0.429. The van der Waals surface area contributed by atoms with Crippen molar-refractivity contribution < 1.29 is 40.3 Å². The van der Waals surface area contributed by atoms with Gasteiger partial charge in [-0.2, -0.15) is 30.7 Å². The number of hydrogen-bond acceptors (Lipinski definition) is 2. The highest BCUT2D eigenvalue weighted by Gasteiger charge is 2.76. The molecular weight excluding hydrogens is 347 g/mol. The second-order valence-corrected chi connectivity index (χ2v) is 5.07. The molecule has 3 nitrogen and oxygen atoms in total. The minimum atomic E-state index is -6.63. The zero-order valence-electron chi connectivity index (χ0n) is 12.3. The molecule has 1 unspecified atom stereocenters. The molecule has 0 aliphatic carbocycles. The Labute approximate surface area is 131 Å². The Hall–Kier alpha value is -2.13. The van der Waals surface area contributed by atoms with Gasteiger partial charge in [0.2, 0.25) is 0 Å². The number of halogens is 7. The summed E-state index contributed by atoms with van der Waals surface area (Å²) < 4.78 is 87.9. The van der Waals surface area contributed by atoms with Gasteiger partial charge in [-0.1, -0.05) is 29.8 Å². The molecule has 134 valence electrons. The number of benzene rings is 1. The Morgan fingerprint density at radius 1 is 0.958 bits per heavy atom. The number of carbonyl (C=O) groups excluding carboxylic acids is 2. The number of amides is 1. The molecule has 0 spiro atoms. The molecule has 10 heteroatoms. The van der Waals surface area contributed by atoms with Gasteiger partial charge in [0.25, 0.3) is 5.91 Å². The maximum absolute atomic E-state index is 13.2. The van der Waals surface area contributed by atoms with Gasteiger partial charge in [-0.15, -0.1) is 0 Å². The third-order valence-electron chi connectivity index (χ3n) is 3.11. The van der Waals surface area contributed by atoms with Crippen LogP contribution in [0.5, 0.6) is 0 Å². The van der Waals surface area contributed by atoms with Crippen LogP contribution in [0.2, 0.25) is 0 Å². The van der Waals surface area contributed by atoms with Crippen LogP contribution in [0.15, 0.2) is 24.3 Å². The van der Waals surface area contributed by atoms with E-state index in [0.29, 0.717) is 0 Å². The van der Waals surface area contributed by atoms with E-state index in [9.17, 15) is 40.3 Å². The van der Waals surface area contributed by atoms with Crippen LogP contribution in [0, 0.1) is 6.92 Å². The number of nitrogens with one attached hydrogen (secondary N) is 1. The highest BCUT2D eigenvalue weighted by Crippen LogP contribution is 2.46. The maximum atomic E-state index is 13.2. The molecule has 1 aromatic rings. The summed E-state index contributed by atoms with van der Waals surface area (Å²) in [5.74, 6) is -16.4. The van der Waals surface area contributed by atoms with Crippen LogP contribution in [0.4, 0.5) is 30.7 Å². The predicted molar refractivity (Wildman–Crippen MR) is 69.1 cm³/mol. The summed E-state index contributed by atoms with van der Waals surface area (Å²) >= 11 is 0. The topological polar surface area (TPSA) is 46.2 Å². The van der Waals surface area contributed by atoms with Gasteiger partial charge in [-0.25, -0.2) is 0 Å². The highest BCUT2D eigenvalue weighted by atomic mass is 19.4. The number of ketones is 1. The Bertz CT molecular complexity index is 623. The van der Waals surface area contributed by atoms with Crippen LogP contribution in [0.3, 0.4) is 0 Å². The lowest BCUT2D eigenvalue weighted by molar-refractivity contribution is -0.344. The highest BCUT2D eigenvalue weighted by molar-refractivity contribution is 6.02. The van der Waals surface area contributed by atoms with Gasteiger partial charge in [-0.05, 0) is 13.8 Å². The molecule has 1 amide bonds. The molecule has 1 aromatic carbocycles. The fourth-order valence-electron chi connectivity index (χ4n) is 1.64. The van der Waals surface area contributed by atoms with Crippen molar-refractivity contribution in [2.75, 3.05) is 0 Å². The van der Waals surface area contributed by atoms with Gasteiger partial charge in [0.1, 0.15) is 0 Å². The lowest BCUT2D eigenvalue weighted by atomic mass is 10.0. The van der Waals surface area contributed by atoms with E-state index in [1.807, 2.05) is 0 Å². The lowest BCUT2D eigenvalue weighted by Gasteiger charge is -2.28. The molecule has 0 fully saturated rings. The number of aryl methyl sites for hydroxylation is 1. The first kappa shape index (κ1) is 19.9. The first-order chi connectivity index (χ1) is 10.7. The minimum absolute atomic E-state index is 0.0284. The molecule has 0 saturated carbocycles. The van der Waals surface area contributed by atoms with E-state index in [0.717, 1.165) is 12.5 Å². The second-order valence-electron chi connectivity index (χ2n) is 5.07. The molecule has 1 N–H and O–H groups in total. The average Bonchev–Trinajstić information content (AvgIpc) is 2.45. The second kappa shape index (κ2) is 6.40. The van der Waals surface area contributed by atoms with E-state index in [-0.39, 0.29) is 5.56 Å². The zero-order chi connectivity index (χ0) is 18.9. The van der Waals surface area contributed by atoms with E-state index >= 15 is 0 Å². The van der Waals surface area contributed by atoms with Crippen LogP contribution in [0.1, 0.15) is 22.8 Å². The van der Waals surface area contributed by atoms with Gasteiger partial charge in [0.15, 0.2) is 5.78 Å². The zero-order valence-corrected chi connectivity index (χ0v) is 12.3. The van der Waals surface area contributed by atoms with Crippen molar-refractivity contribution in [2.24, 2.45) is 0 Å². The van der Waals surface area contributed by atoms with Crippen LogP contribution < -0.4 is 5.32 Å². The monoisotopic (exact) mass is 359 g/mol. The summed E-state index contributed by atoms with van der Waals surface area (Å²) in [5, 5.41) is 1.19. The van der Waals surface area contributed by atoms with Gasteiger partial charge >= 0.3 is 18.0 Å². The number of rotatable bonds is 5. The van der Waals surface area contributed by atoms with E-state index in [1.54, 1.807) is 6.92 Å². The lowest BCUT2D eigenvalue weighted by Crippen LogP contribution is -2.61. The quantitative estimate of drug-likeness (QED) is 0.646. The van der Waals surface area contributed by atoms with Crippen LogP contribution in [0.25, 0.3) is 0 Å². The summed E-state index contributed by atoms with van der Waals surface area (Å²) in [7, 11) is 0. The summed E-state index contributed by atoms with van der Waals surface area (Å²) in [5.41, 5.74) is 0.735. The van der Waals surface area contributed by atoms with Gasteiger partial charge in [0, 0.05) is 5.56 Å². The largest absolute Gasteiger partial charge is 0.460 e. The van der Waals surface area contributed by atoms with Crippen molar-refractivity contribution in [1.29, 1.82) is 0 Å². The van der Waals surface area contributed by atoms with Crippen LogP contribution in [-0.2, 0) is 4.79 Å². The van der Waals surface area contributed by atoms with Crippen LogP contribution >= 0.6 is 0 Å². The summed E-state index contributed by atoms with van der Waals surface area (Å²) in [6.07, 6.45) is -6.63. The smallest absolute Gasteiger partial charge is 0.341 e. The van der Waals surface area contributed by atoms with Gasteiger partial charge < -0.3 is 5.32 Å². The summed E-state index contributed by atoms with van der Waals surface area (Å²) in [6, 6.07) is 3.85. The number of hydrogen-bond donors (Lipinski definition) is 1. The van der Waals surface area contributed by atoms with Crippen molar-refractivity contribution in [3.05, 3.63) is 35.4 Å². The Morgan fingerprint density at radius 2 is 1.42 bits per heavy atom. The summed E-state index contributed by atoms with van der Waals surface area (Å²) in [4.78, 5) is 23.1. The summed E-state index contributed by atoms with van der Waals surface area (Å²) in [6.45, 7) is 2.58. The molecule has 1 atom stereocenters. The molecule has 0 aromatic heterocycles. The molecule has 0 heterocycles. The SMILES string of the molecule is Cc1ccc(C(=O)C(C)NC(=O)C(F)(F)C(F)(F)C(F)(F)F)cc1. The Balaban J connectivity index is 2.93. The maximum Gasteiger partial charge on any atom is 0.460 e. The molecule has 0 aliphatic rings. The van der Waals surface area contributed by atoms with Crippen molar-refractivity contribution in [2.45, 2.75) is 37.9 Å². The third kappa shape index (κ3) is 3.68. The predicted octanol–water partition coefficient (Wildman–Crippen LogP) is 3.52. The number of alkyl halides is 7. The van der Waals surface area contributed by atoms with Crippen molar-refractivity contribution in [3.8, 4) is 0 Å². The third-order valence-corrected chi connectivity index (χ3v) is 3.11. The molecule has 0 bridgehead atoms. The molecular formula is C14H12F7NO2. The van der Waals surface area contributed by atoms with Crippen molar-refractivity contribution in [1.82, 2.24) is 5.32 Å². The van der Waals surface area contributed by atoms with Crippen LogP contribution in [-0.4, -0.2) is 35.8 Å². The molecule has 0 aliphatic heterocycles. The number of Topliss-reactive ketones (excluding diaryl/α,β-unsaturated/α-hetero) is 1. The van der Waals surface area contributed by atoms with E-state index in [1.165, 1.54) is 29.6 Å². The Kier molecular flexibility index (Phi) is 5.31. The first-order valence-corrected chi connectivity index (χ1v) is 6.46. The number of carbonyl (C=O) groups is 2. The average molecular weight is 359 g/mol. The van der Waals surface area contributed by atoms with E-state index in [2.05, 4.69) is 0 Å². The minimum Gasteiger partial charge on any atom is -0.341 e. The Morgan fingerprint density at radius 3 is 1.83 bits per heavy atom. The standard InChI is InChI=1S/C14H12F7NO2/c1-7-3-5-9(6-4-7)10(23)8(2)22-11(24)12(15,16)13(17,18)14(19,20)21/h3-6,8H,1-2H3,(H,22,24). The molecule has 24 heavy (non-hydrogen) atoms. The van der Waals surface area contributed by atoms with E-state index < -0.39 is 35.8 Å². The van der Waals surface area contributed by atoms with Gasteiger partial charge in [-0.3, -0.25) is 9.59 Å². The van der Waals surface area contributed by atoms with E-state index in [4.69, 9.17) is 0 Å². The van der Waals surface area contributed by atoms with Gasteiger partial charge in [0.05, 0.1) is 6.04 Å². The normalized spacial score (nSPS) is 14.2. The molecule has 0 radical (unpaired) electrons. The molecule has 0 saturated heterocycles. The van der Waals surface area contributed by atoms with Crippen molar-refractivity contribution >= 4 is 11.7 Å². The first-order valence-electron chi connectivity index (χ1n) is 6.46. The molecule has 1 rings (SSSR count).